The molecular weight excluding hydrogens is 418 g/mol. The first-order valence-corrected chi connectivity index (χ1v) is 11.2. The van der Waals surface area contributed by atoms with Crippen molar-refractivity contribution in [1.29, 1.82) is 0 Å². The van der Waals surface area contributed by atoms with Gasteiger partial charge in [0.1, 0.15) is 5.52 Å². The van der Waals surface area contributed by atoms with E-state index in [1.165, 1.54) is 5.56 Å². The number of imidazole rings is 1. The van der Waals surface area contributed by atoms with E-state index in [4.69, 9.17) is 14.5 Å². The predicted molar refractivity (Wildman–Crippen MR) is 126 cm³/mol. The van der Waals surface area contributed by atoms with Crippen molar-refractivity contribution in [2.45, 2.75) is 25.4 Å². The molecule has 0 aliphatic carbocycles. The number of piperidine rings is 1. The zero-order chi connectivity index (χ0) is 22.0. The molecule has 1 saturated heterocycles. The first kappa shape index (κ1) is 19.8. The number of aromatic nitrogens is 4. The first-order chi connectivity index (χ1) is 16.3. The van der Waals surface area contributed by atoms with E-state index in [1.54, 1.807) is 6.33 Å². The van der Waals surface area contributed by atoms with Gasteiger partial charge in [0.25, 0.3) is 0 Å². The first-order valence-electron chi connectivity index (χ1n) is 11.2. The molecule has 2 aliphatic rings. The van der Waals surface area contributed by atoms with E-state index in [9.17, 15) is 0 Å². The summed E-state index contributed by atoms with van der Waals surface area (Å²) in [6.07, 6.45) is 3.72. The number of fused-ring (bicyclic) bond motifs is 2. The summed E-state index contributed by atoms with van der Waals surface area (Å²) in [7, 11) is 0. The van der Waals surface area contributed by atoms with Crippen LogP contribution in [-0.4, -0.2) is 50.8 Å². The van der Waals surface area contributed by atoms with Crippen LogP contribution in [0.2, 0.25) is 0 Å². The summed E-state index contributed by atoms with van der Waals surface area (Å²) in [6.45, 7) is 3.32. The minimum Gasteiger partial charge on any atom is -0.454 e. The molecule has 0 saturated carbocycles. The van der Waals surface area contributed by atoms with E-state index in [0.717, 1.165) is 55.2 Å². The molecule has 9 heteroatoms. The average Bonchev–Trinajstić information content (AvgIpc) is 3.50. The maximum Gasteiger partial charge on any atom is 0.231 e. The molecule has 2 aliphatic heterocycles. The number of aromatic amines is 1. The van der Waals surface area contributed by atoms with Gasteiger partial charge in [-0.2, -0.15) is 9.97 Å². The zero-order valence-electron chi connectivity index (χ0n) is 18.1. The average molecular weight is 444 g/mol. The summed E-state index contributed by atoms with van der Waals surface area (Å²) in [5, 5.41) is 6.90. The van der Waals surface area contributed by atoms with Crippen LogP contribution in [0.5, 0.6) is 11.5 Å². The van der Waals surface area contributed by atoms with Crippen LogP contribution in [-0.2, 0) is 6.54 Å². The molecule has 2 aromatic heterocycles. The summed E-state index contributed by atoms with van der Waals surface area (Å²) in [5.41, 5.74) is 3.60. The van der Waals surface area contributed by atoms with Crippen LogP contribution in [0.4, 0.5) is 17.5 Å². The predicted octanol–water partition coefficient (Wildman–Crippen LogP) is 3.90. The molecule has 4 aromatic rings. The smallest absolute Gasteiger partial charge is 0.231 e. The monoisotopic (exact) mass is 443 g/mol. The molecule has 9 nitrogen and oxygen atoms in total. The number of anilines is 3. The maximum atomic E-state index is 5.49. The number of ether oxygens (including phenoxy) is 2. The Balaban J connectivity index is 1.15. The maximum absolute atomic E-state index is 5.49. The van der Waals surface area contributed by atoms with Gasteiger partial charge in [-0.1, -0.05) is 30.3 Å². The number of nitrogens with one attached hydrogen (secondary N) is 3. The van der Waals surface area contributed by atoms with Crippen LogP contribution in [0.3, 0.4) is 0 Å². The van der Waals surface area contributed by atoms with Crippen LogP contribution >= 0.6 is 0 Å². The third kappa shape index (κ3) is 4.27. The molecule has 0 atom stereocenters. The second-order valence-electron chi connectivity index (χ2n) is 8.37. The number of nitrogens with zero attached hydrogens (tertiary/aromatic N) is 4. The fourth-order valence-electron chi connectivity index (χ4n) is 4.36. The van der Waals surface area contributed by atoms with E-state index in [-0.39, 0.29) is 6.79 Å². The van der Waals surface area contributed by atoms with Gasteiger partial charge in [-0.3, -0.25) is 4.90 Å². The molecule has 0 spiro atoms. The summed E-state index contributed by atoms with van der Waals surface area (Å²) in [5.74, 6) is 2.71. The van der Waals surface area contributed by atoms with Crippen molar-refractivity contribution in [3.8, 4) is 11.5 Å². The number of benzene rings is 2. The van der Waals surface area contributed by atoms with Crippen LogP contribution < -0.4 is 20.1 Å². The minimum absolute atomic E-state index is 0.245. The minimum atomic E-state index is 0.245. The lowest BCUT2D eigenvalue weighted by Gasteiger charge is -2.32. The van der Waals surface area contributed by atoms with Gasteiger partial charge in [0.2, 0.25) is 12.7 Å². The number of rotatable bonds is 6. The summed E-state index contributed by atoms with van der Waals surface area (Å²) >= 11 is 0. The second-order valence-corrected chi connectivity index (χ2v) is 8.37. The normalized spacial score (nSPS) is 16.2. The molecule has 2 aromatic carbocycles. The number of H-pyrrole nitrogens is 1. The van der Waals surface area contributed by atoms with Crippen molar-refractivity contribution in [2.24, 2.45) is 0 Å². The van der Waals surface area contributed by atoms with E-state index in [1.807, 2.05) is 18.2 Å². The Labute approximate surface area is 191 Å². The van der Waals surface area contributed by atoms with Gasteiger partial charge >= 0.3 is 0 Å². The number of likely N-dealkylation sites (tertiary alicyclic amines) is 1. The molecule has 3 N–H and O–H groups in total. The molecule has 0 radical (unpaired) electrons. The SMILES string of the molecule is c1ccc(CN2CCC(Nc3nc(Nc4ccc5c(c4)OCO5)c4[nH]cnc4n3)CC2)cc1. The van der Waals surface area contributed by atoms with Crippen molar-refractivity contribution < 1.29 is 9.47 Å². The van der Waals surface area contributed by atoms with Crippen molar-refractivity contribution in [1.82, 2.24) is 24.8 Å². The summed E-state index contributed by atoms with van der Waals surface area (Å²) < 4.78 is 10.9. The molecule has 0 unspecified atom stereocenters. The topological polar surface area (TPSA) is 100 Å². The quantitative estimate of drug-likeness (QED) is 0.413. The Kier molecular flexibility index (Phi) is 5.16. The van der Waals surface area contributed by atoms with Gasteiger partial charge in [-0.25, -0.2) is 4.98 Å². The van der Waals surface area contributed by atoms with Crippen LogP contribution in [0, 0.1) is 0 Å². The second kappa shape index (κ2) is 8.59. The molecule has 0 amide bonds. The Bertz CT molecular complexity index is 1250. The van der Waals surface area contributed by atoms with Crippen molar-refractivity contribution in [2.75, 3.05) is 30.5 Å². The van der Waals surface area contributed by atoms with E-state index >= 15 is 0 Å². The van der Waals surface area contributed by atoms with Gasteiger partial charge in [0.05, 0.1) is 6.33 Å². The third-order valence-electron chi connectivity index (χ3n) is 6.09. The molecule has 33 heavy (non-hydrogen) atoms. The van der Waals surface area contributed by atoms with Crippen LogP contribution in [0.15, 0.2) is 54.9 Å². The van der Waals surface area contributed by atoms with Gasteiger partial charge in [-0.05, 0) is 30.5 Å². The molecule has 1 fully saturated rings. The Hall–Kier alpha value is -3.85. The van der Waals surface area contributed by atoms with Crippen LogP contribution in [0.1, 0.15) is 18.4 Å². The largest absolute Gasteiger partial charge is 0.454 e. The lowest BCUT2D eigenvalue weighted by molar-refractivity contribution is 0.174. The van der Waals surface area contributed by atoms with Crippen molar-refractivity contribution in [3.63, 3.8) is 0 Å². The van der Waals surface area contributed by atoms with E-state index in [2.05, 4.69) is 60.8 Å². The van der Waals surface area contributed by atoms with Gasteiger partial charge in [-0.15, -0.1) is 0 Å². The molecule has 6 rings (SSSR count). The molecule has 4 heterocycles. The van der Waals surface area contributed by atoms with Crippen LogP contribution in [0.25, 0.3) is 11.2 Å². The highest BCUT2D eigenvalue weighted by atomic mass is 16.7. The lowest BCUT2D eigenvalue weighted by Crippen LogP contribution is -2.39. The molecule has 168 valence electrons. The van der Waals surface area contributed by atoms with E-state index < -0.39 is 0 Å². The Morgan fingerprint density at radius 2 is 1.85 bits per heavy atom. The highest BCUT2D eigenvalue weighted by molar-refractivity contribution is 5.86. The van der Waals surface area contributed by atoms with Crippen molar-refractivity contribution in [3.05, 3.63) is 60.4 Å². The summed E-state index contributed by atoms with van der Waals surface area (Å²) in [6, 6.07) is 16.7. The number of hydrogen-bond donors (Lipinski definition) is 3. The third-order valence-corrected chi connectivity index (χ3v) is 6.09. The fraction of sp³-hybridized carbons (Fsp3) is 0.292. The molecule has 0 bridgehead atoms. The highest BCUT2D eigenvalue weighted by Crippen LogP contribution is 2.35. The number of hydrogen-bond acceptors (Lipinski definition) is 8. The Morgan fingerprint density at radius 3 is 2.73 bits per heavy atom. The fourth-order valence-corrected chi connectivity index (χ4v) is 4.36. The van der Waals surface area contributed by atoms with Gasteiger partial charge in [0.15, 0.2) is 23.0 Å². The standard InChI is InChI=1S/C24H25N7O2/c1-2-4-16(5-3-1)13-31-10-8-17(9-11-31)28-24-29-22-21(25-14-26-22)23(30-24)27-18-6-7-19-20(12-18)33-15-32-19/h1-7,12,14,17H,8-11,13,15H2,(H3,25,26,27,28,29,30). The zero-order valence-corrected chi connectivity index (χ0v) is 18.1. The lowest BCUT2D eigenvalue weighted by atomic mass is 10.0. The molecular formula is C24H25N7O2. The van der Waals surface area contributed by atoms with Crippen molar-refractivity contribution >= 4 is 28.6 Å². The highest BCUT2D eigenvalue weighted by Gasteiger charge is 2.21. The van der Waals surface area contributed by atoms with E-state index in [0.29, 0.717) is 23.5 Å². The Morgan fingerprint density at radius 1 is 1.00 bits per heavy atom. The van der Waals surface area contributed by atoms with Gasteiger partial charge < -0.3 is 25.1 Å². The van der Waals surface area contributed by atoms with Gasteiger partial charge in [0, 0.05) is 37.4 Å². The summed E-state index contributed by atoms with van der Waals surface area (Å²) in [4.78, 5) is 19.3.